The fraction of sp³-hybridized carbons (Fsp3) is 0.500. The Kier molecular flexibility index (Phi) is 12.4. The van der Waals surface area contributed by atoms with Gasteiger partial charge in [-0.3, -0.25) is 24.1 Å². The molecule has 0 radical (unpaired) electrons. The summed E-state index contributed by atoms with van der Waals surface area (Å²) in [4.78, 5) is 77.0. The minimum absolute atomic E-state index is 0.0297. The van der Waals surface area contributed by atoms with E-state index in [1.165, 1.54) is 6.07 Å². The molecule has 14 nitrogen and oxygen atoms in total. The third-order valence-electron chi connectivity index (χ3n) is 9.87. The molecular formula is C38H49N7O7. The van der Waals surface area contributed by atoms with Gasteiger partial charge in [-0.25, -0.2) is 4.98 Å². The normalized spacial score (nSPS) is 20.8. The molecule has 2 heterocycles. The molecule has 0 bridgehead atoms. The number of hydrogen-bond donors (Lipinski definition) is 4. The number of nitrogens with two attached hydrogens (primary N) is 1. The quantitative estimate of drug-likeness (QED) is 0.143. The molecule has 1 saturated carbocycles. The lowest BCUT2D eigenvalue weighted by Crippen LogP contribution is -2.61. The Balaban J connectivity index is 1.43. The van der Waals surface area contributed by atoms with Crippen molar-refractivity contribution < 1.29 is 29.1 Å². The highest BCUT2D eigenvalue weighted by atomic mass is 17.0. The van der Waals surface area contributed by atoms with Crippen molar-refractivity contribution >= 4 is 34.5 Å². The van der Waals surface area contributed by atoms with E-state index in [4.69, 9.17) is 10.6 Å². The van der Waals surface area contributed by atoms with Gasteiger partial charge in [-0.1, -0.05) is 73.9 Å². The van der Waals surface area contributed by atoms with Gasteiger partial charge in [-0.15, -0.1) is 10.1 Å². The van der Waals surface area contributed by atoms with E-state index in [0.717, 1.165) is 36.6 Å². The first-order valence-corrected chi connectivity index (χ1v) is 17.9. The molecule has 278 valence electrons. The lowest BCUT2D eigenvalue weighted by Gasteiger charge is -2.47. The summed E-state index contributed by atoms with van der Waals surface area (Å²) in [5, 5.41) is 20.5. The predicted molar refractivity (Wildman–Crippen MR) is 194 cm³/mol. The van der Waals surface area contributed by atoms with E-state index in [1.807, 2.05) is 68.1 Å². The number of benzene rings is 2. The molecule has 0 spiro atoms. The zero-order valence-corrected chi connectivity index (χ0v) is 30.0. The Morgan fingerprint density at radius 3 is 2.37 bits per heavy atom. The van der Waals surface area contributed by atoms with Gasteiger partial charge in [0.1, 0.15) is 17.8 Å². The number of pyridine rings is 1. The molecule has 5 N–H and O–H groups in total. The molecule has 52 heavy (non-hydrogen) atoms. The zero-order valence-electron chi connectivity index (χ0n) is 30.0. The number of primary amides is 1. The maximum Gasteiger partial charge on any atom is 0.294 e. The summed E-state index contributed by atoms with van der Waals surface area (Å²) < 4.78 is 0. The number of piperidine rings is 1. The summed E-state index contributed by atoms with van der Waals surface area (Å²) in [6.45, 7) is 6.24. The molecule has 6 atom stereocenters. The average molecular weight is 716 g/mol. The largest absolute Gasteiger partial charge is 0.370 e. The van der Waals surface area contributed by atoms with Crippen molar-refractivity contribution in [3.05, 3.63) is 88.1 Å². The number of amides is 4. The summed E-state index contributed by atoms with van der Waals surface area (Å²) >= 11 is 0. The van der Waals surface area contributed by atoms with E-state index in [0.29, 0.717) is 30.3 Å². The van der Waals surface area contributed by atoms with E-state index in [-0.39, 0.29) is 24.6 Å². The second kappa shape index (κ2) is 16.9. The second-order valence-electron chi connectivity index (χ2n) is 15.0. The zero-order chi connectivity index (χ0) is 37.4. The number of aromatic nitrogens is 1. The monoisotopic (exact) mass is 715 g/mol. The first-order valence-electron chi connectivity index (χ1n) is 17.9. The van der Waals surface area contributed by atoms with E-state index >= 15 is 0 Å². The molecule has 3 aromatic rings. The molecule has 6 unspecified atom stereocenters. The Bertz CT molecular complexity index is 1750. The molecule has 14 heteroatoms. The highest BCUT2D eigenvalue weighted by Crippen LogP contribution is 2.39. The number of carbonyl (C=O) groups is 4. The molecule has 2 aromatic carbocycles. The summed E-state index contributed by atoms with van der Waals surface area (Å²) in [6.07, 6.45) is 3.19. The third-order valence-corrected chi connectivity index (χ3v) is 9.87. The number of hydrogen-bond acceptors (Lipinski definition) is 9. The van der Waals surface area contributed by atoms with Crippen LogP contribution in [0.2, 0.25) is 0 Å². The average Bonchev–Trinajstić information content (AvgIpc) is 3.09. The Labute approximate surface area is 303 Å². The van der Waals surface area contributed by atoms with Gasteiger partial charge in [-0.2, -0.15) is 0 Å². The van der Waals surface area contributed by atoms with Gasteiger partial charge in [0, 0.05) is 24.0 Å². The highest BCUT2D eigenvalue weighted by Gasteiger charge is 2.43. The summed E-state index contributed by atoms with van der Waals surface area (Å²) in [6, 6.07) is 16.6. The molecule has 1 aromatic heterocycles. The smallest absolute Gasteiger partial charge is 0.294 e. The number of rotatable bonds is 14. The fourth-order valence-corrected chi connectivity index (χ4v) is 7.46. The molecular weight excluding hydrogens is 666 g/mol. The van der Waals surface area contributed by atoms with Gasteiger partial charge in [0.15, 0.2) is 0 Å². The van der Waals surface area contributed by atoms with Crippen molar-refractivity contribution in [1.82, 2.24) is 25.8 Å². The first kappa shape index (κ1) is 38.1. The van der Waals surface area contributed by atoms with Crippen LogP contribution in [0.25, 0.3) is 10.9 Å². The van der Waals surface area contributed by atoms with E-state index in [2.05, 4.69) is 20.9 Å². The summed E-state index contributed by atoms with van der Waals surface area (Å²) in [5.41, 5.74) is 6.39. The van der Waals surface area contributed by atoms with Crippen molar-refractivity contribution in [2.45, 2.75) is 95.5 Å². The van der Waals surface area contributed by atoms with E-state index in [1.54, 1.807) is 18.2 Å². The van der Waals surface area contributed by atoms with E-state index in [9.17, 15) is 29.3 Å². The lowest BCUT2D eigenvalue weighted by atomic mass is 9.72. The number of fused-ring (bicyclic) bond motifs is 2. The van der Waals surface area contributed by atoms with Crippen molar-refractivity contribution in [1.29, 1.82) is 0 Å². The molecule has 1 aliphatic heterocycles. The van der Waals surface area contributed by atoms with Crippen LogP contribution in [0.15, 0.2) is 66.7 Å². The summed E-state index contributed by atoms with van der Waals surface area (Å²) in [5.74, 6) is -1.79. The third kappa shape index (κ3) is 10.5. The molecule has 1 saturated heterocycles. The van der Waals surface area contributed by atoms with Crippen LogP contribution in [0.4, 0.5) is 0 Å². The molecule has 2 aliphatic rings. The van der Waals surface area contributed by atoms with Gasteiger partial charge in [0.2, 0.25) is 17.7 Å². The topological polar surface area (TPSA) is 199 Å². The molecule has 2 fully saturated rings. The SMILES string of the molecule is CC(C)(C)NC(=O)C1CC2CCCCC2CN1CC(O[N+](=O)[O-])C(Cc1ccccc1)NC(=O)C(CC(N)=O)NC(=O)c1ccc2ccccc2n1. The van der Waals surface area contributed by atoms with Crippen LogP contribution in [-0.2, 0) is 25.6 Å². The van der Waals surface area contributed by atoms with Crippen LogP contribution in [0, 0.1) is 22.0 Å². The Morgan fingerprint density at radius 1 is 0.981 bits per heavy atom. The second-order valence-corrected chi connectivity index (χ2v) is 15.0. The van der Waals surface area contributed by atoms with Crippen LogP contribution < -0.4 is 21.7 Å². The van der Waals surface area contributed by atoms with Crippen LogP contribution in [-0.4, -0.2) is 81.5 Å². The molecule has 4 amide bonds. The summed E-state index contributed by atoms with van der Waals surface area (Å²) in [7, 11) is 0. The van der Waals surface area contributed by atoms with Crippen LogP contribution in [0.3, 0.4) is 0 Å². The van der Waals surface area contributed by atoms with Crippen molar-refractivity contribution in [2.75, 3.05) is 13.1 Å². The number of carbonyl (C=O) groups excluding carboxylic acids is 4. The number of para-hydroxylation sites is 1. The van der Waals surface area contributed by atoms with Crippen molar-refractivity contribution in [3.8, 4) is 0 Å². The first-order chi connectivity index (χ1) is 24.8. The van der Waals surface area contributed by atoms with Gasteiger partial charge >= 0.3 is 0 Å². The molecule has 5 rings (SSSR count). The van der Waals surface area contributed by atoms with Crippen LogP contribution in [0.5, 0.6) is 0 Å². The van der Waals surface area contributed by atoms with Gasteiger partial charge in [0.25, 0.3) is 11.0 Å². The lowest BCUT2D eigenvalue weighted by molar-refractivity contribution is -0.769. The van der Waals surface area contributed by atoms with Crippen molar-refractivity contribution in [2.24, 2.45) is 17.6 Å². The number of nitrogens with one attached hydrogen (secondary N) is 3. The number of likely N-dealkylation sites (tertiary alicyclic amines) is 1. The van der Waals surface area contributed by atoms with Crippen molar-refractivity contribution in [3.63, 3.8) is 0 Å². The maximum absolute atomic E-state index is 14.0. The van der Waals surface area contributed by atoms with Crippen LogP contribution >= 0.6 is 0 Å². The fourth-order valence-electron chi connectivity index (χ4n) is 7.46. The predicted octanol–water partition coefficient (Wildman–Crippen LogP) is 3.31. The minimum Gasteiger partial charge on any atom is -0.370 e. The standard InChI is InChI=1S/C38H49N7O7/c1-38(2,3)43-37(49)32-20-26-14-7-8-15-27(26)22-44(32)23-33(52-45(50)51)30(19-24-11-5-4-6-12-24)41-36(48)31(21-34(39)46)42-35(47)29-18-17-25-13-9-10-16-28(25)40-29/h4-6,9-13,16-18,26-27,30-33H,7-8,14-15,19-23H2,1-3H3,(H2,39,46)(H,41,48)(H,42,47)(H,43,49). The van der Waals surface area contributed by atoms with E-state index < -0.39 is 59.0 Å². The Hall–Kier alpha value is -5.11. The van der Waals surface area contributed by atoms with Crippen LogP contribution in [0.1, 0.15) is 75.3 Å². The minimum atomic E-state index is -1.42. The van der Waals surface area contributed by atoms with Gasteiger partial charge in [0.05, 0.1) is 24.0 Å². The Morgan fingerprint density at radius 2 is 1.67 bits per heavy atom. The van der Waals surface area contributed by atoms with Gasteiger partial charge in [-0.05, 0) is 69.6 Å². The van der Waals surface area contributed by atoms with Gasteiger partial charge < -0.3 is 26.5 Å². The maximum atomic E-state index is 14.0. The molecule has 1 aliphatic carbocycles. The number of nitrogens with zero attached hydrogens (tertiary/aromatic N) is 3. The highest BCUT2D eigenvalue weighted by molar-refractivity contribution is 5.99.